The summed E-state index contributed by atoms with van der Waals surface area (Å²) in [5.74, 6) is -1.52. The van der Waals surface area contributed by atoms with Crippen LogP contribution in [0.3, 0.4) is 0 Å². The number of amides is 1. The Balaban J connectivity index is 1.61. The summed E-state index contributed by atoms with van der Waals surface area (Å²) in [7, 11) is 1.51. The van der Waals surface area contributed by atoms with Gasteiger partial charge < -0.3 is 14.4 Å². The summed E-state index contributed by atoms with van der Waals surface area (Å²) in [6.07, 6.45) is -0.0861. The van der Waals surface area contributed by atoms with Crippen LogP contribution in [0.1, 0.15) is 22.3 Å². The fourth-order valence-corrected chi connectivity index (χ4v) is 3.19. The van der Waals surface area contributed by atoms with E-state index in [2.05, 4.69) is 0 Å². The first-order chi connectivity index (χ1) is 14.3. The van der Waals surface area contributed by atoms with Crippen LogP contribution in [0.5, 0.6) is 5.75 Å². The van der Waals surface area contributed by atoms with Gasteiger partial charge in [-0.2, -0.15) is 0 Å². The lowest BCUT2D eigenvalue weighted by Crippen LogP contribution is -2.27. The Morgan fingerprint density at radius 3 is 2.53 bits per heavy atom. The highest BCUT2D eigenvalue weighted by Gasteiger charge is 2.37. The van der Waals surface area contributed by atoms with E-state index in [0.717, 1.165) is 0 Å². The van der Waals surface area contributed by atoms with E-state index < -0.39 is 23.4 Å². The van der Waals surface area contributed by atoms with Crippen molar-refractivity contribution in [3.05, 3.63) is 63.7 Å². The fraction of sp³-hybridized carbons (Fsp3) is 0.286. The van der Waals surface area contributed by atoms with Crippen LogP contribution in [0.25, 0.3) is 0 Å². The molecule has 1 amide bonds. The highest BCUT2D eigenvalue weighted by atomic mass is 16.6. The van der Waals surface area contributed by atoms with Crippen molar-refractivity contribution in [3.63, 3.8) is 0 Å². The number of methoxy groups -OCH3 is 1. The molecule has 9 nitrogen and oxygen atoms in total. The molecule has 0 bridgehead atoms. The molecule has 1 fully saturated rings. The summed E-state index contributed by atoms with van der Waals surface area (Å²) in [5, 5.41) is 11.1. The highest BCUT2D eigenvalue weighted by molar-refractivity contribution is 6.01. The lowest BCUT2D eigenvalue weighted by Gasteiger charge is -2.16. The quantitative estimate of drug-likeness (QED) is 0.297. The molecule has 30 heavy (non-hydrogen) atoms. The van der Waals surface area contributed by atoms with Gasteiger partial charge in [0.25, 0.3) is 5.69 Å². The van der Waals surface area contributed by atoms with Gasteiger partial charge in [-0.3, -0.25) is 24.5 Å². The van der Waals surface area contributed by atoms with Crippen molar-refractivity contribution in [2.45, 2.75) is 13.3 Å². The van der Waals surface area contributed by atoms with Crippen LogP contribution >= 0.6 is 0 Å². The third-order valence-electron chi connectivity index (χ3n) is 4.92. The maximum Gasteiger partial charge on any atom is 0.311 e. The van der Waals surface area contributed by atoms with Crippen molar-refractivity contribution in [3.8, 4) is 5.75 Å². The van der Waals surface area contributed by atoms with Gasteiger partial charge in [-0.05, 0) is 37.3 Å². The lowest BCUT2D eigenvalue weighted by molar-refractivity contribution is -0.385. The Hall–Kier alpha value is -3.75. The number of aryl methyl sites for hydroxylation is 1. The molecule has 1 heterocycles. The van der Waals surface area contributed by atoms with Crippen molar-refractivity contribution in [1.29, 1.82) is 0 Å². The number of hydrogen-bond donors (Lipinski definition) is 0. The number of carbonyl (C=O) groups excluding carboxylic acids is 3. The number of carbonyl (C=O) groups is 3. The van der Waals surface area contributed by atoms with Gasteiger partial charge in [0.05, 0.1) is 23.6 Å². The number of Topliss-reactive ketones (excluding diaryl/α,β-unsaturated/α-hetero) is 1. The number of anilines is 1. The molecule has 156 valence electrons. The van der Waals surface area contributed by atoms with E-state index in [1.165, 1.54) is 18.1 Å². The van der Waals surface area contributed by atoms with Crippen LogP contribution in [0, 0.1) is 23.0 Å². The Bertz CT molecular complexity index is 1000. The highest BCUT2D eigenvalue weighted by Crippen LogP contribution is 2.30. The maximum absolute atomic E-state index is 12.4. The van der Waals surface area contributed by atoms with Crippen LogP contribution in [0.4, 0.5) is 11.4 Å². The zero-order valence-corrected chi connectivity index (χ0v) is 16.5. The second kappa shape index (κ2) is 8.73. The van der Waals surface area contributed by atoms with Crippen molar-refractivity contribution < 1.29 is 28.8 Å². The number of esters is 1. The normalized spacial score (nSPS) is 15.7. The molecular weight excluding hydrogens is 392 g/mol. The lowest BCUT2D eigenvalue weighted by atomic mass is 10.1. The number of ether oxygens (including phenoxy) is 2. The summed E-state index contributed by atoms with van der Waals surface area (Å²) < 4.78 is 10.1. The molecule has 3 rings (SSSR count). The van der Waals surface area contributed by atoms with Gasteiger partial charge in [0.2, 0.25) is 5.91 Å². The van der Waals surface area contributed by atoms with Crippen molar-refractivity contribution in [2.24, 2.45) is 5.92 Å². The minimum absolute atomic E-state index is 0.0363. The number of ketones is 1. The van der Waals surface area contributed by atoms with Gasteiger partial charge >= 0.3 is 5.97 Å². The smallest absolute Gasteiger partial charge is 0.311 e. The zero-order valence-electron chi connectivity index (χ0n) is 16.5. The Morgan fingerprint density at radius 2 is 1.90 bits per heavy atom. The van der Waals surface area contributed by atoms with Crippen molar-refractivity contribution in [1.82, 2.24) is 0 Å². The molecule has 0 radical (unpaired) electrons. The van der Waals surface area contributed by atoms with Gasteiger partial charge in [-0.25, -0.2) is 0 Å². The third kappa shape index (κ3) is 4.45. The van der Waals surface area contributed by atoms with E-state index in [1.54, 1.807) is 43.3 Å². The molecule has 0 aromatic heterocycles. The standard InChI is InChI=1S/C21H20N2O7/c1-13-3-6-16(10-18(13)23(27)28)22-11-15(9-20(22)25)21(26)30-12-19(24)14-4-7-17(29-2)8-5-14/h3-8,10,15H,9,11-12H2,1-2H3/t15-/m1/s1. The first-order valence-electron chi connectivity index (χ1n) is 9.19. The largest absolute Gasteiger partial charge is 0.497 e. The zero-order chi connectivity index (χ0) is 21.8. The van der Waals surface area contributed by atoms with E-state index in [4.69, 9.17) is 9.47 Å². The fourth-order valence-electron chi connectivity index (χ4n) is 3.19. The number of nitrogens with zero attached hydrogens (tertiary/aromatic N) is 2. The second-order valence-corrected chi connectivity index (χ2v) is 6.89. The predicted octanol–water partition coefficient (Wildman–Crippen LogP) is 2.69. The van der Waals surface area contributed by atoms with Crippen molar-refractivity contribution in [2.75, 3.05) is 25.2 Å². The number of benzene rings is 2. The van der Waals surface area contributed by atoms with Crippen LogP contribution in [0.2, 0.25) is 0 Å². The summed E-state index contributed by atoms with van der Waals surface area (Å²) in [4.78, 5) is 48.8. The van der Waals surface area contributed by atoms with Crippen LogP contribution in [-0.2, 0) is 14.3 Å². The Morgan fingerprint density at radius 1 is 1.20 bits per heavy atom. The van der Waals surface area contributed by atoms with E-state index in [9.17, 15) is 24.5 Å². The first-order valence-corrected chi connectivity index (χ1v) is 9.19. The SMILES string of the molecule is COc1ccc(C(=O)COC(=O)[C@@H]2CC(=O)N(c3ccc(C)c([N+](=O)[O-])c3)C2)cc1. The number of hydrogen-bond acceptors (Lipinski definition) is 7. The minimum Gasteiger partial charge on any atom is -0.497 e. The van der Waals surface area contributed by atoms with Gasteiger partial charge in [0.15, 0.2) is 12.4 Å². The topological polar surface area (TPSA) is 116 Å². The molecular formula is C21H20N2O7. The van der Waals surface area contributed by atoms with Gasteiger partial charge in [-0.1, -0.05) is 6.07 Å². The molecule has 0 N–H and O–H groups in total. The Labute approximate surface area is 172 Å². The minimum atomic E-state index is -0.749. The molecule has 1 atom stereocenters. The number of nitro benzene ring substituents is 1. The van der Waals surface area contributed by atoms with Gasteiger partial charge in [-0.15, -0.1) is 0 Å². The van der Waals surface area contributed by atoms with E-state index in [-0.39, 0.29) is 30.3 Å². The summed E-state index contributed by atoms with van der Waals surface area (Å²) in [5.41, 5.74) is 1.10. The maximum atomic E-state index is 12.4. The monoisotopic (exact) mass is 412 g/mol. The molecule has 1 saturated heterocycles. The molecule has 2 aromatic rings. The van der Waals surface area contributed by atoms with E-state index >= 15 is 0 Å². The molecule has 0 spiro atoms. The first kappa shape index (κ1) is 21.0. The Kier molecular flexibility index (Phi) is 6.10. The van der Waals surface area contributed by atoms with Crippen LogP contribution < -0.4 is 9.64 Å². The van der Waals surface area contributed by atoms with Crippen LogP contribution in [-0.4, -0.2) is 42.8 Å². The van der Waals surface area contributed by atoms with Gasteiger partial charge in [0.1, 0.15) is 5.75 Å². The van der Waals surface area contributed by atoms with Gasteiger partial charge in [0, 0.05) is 30.2 Å². The molecule has 1 aliphatic heterocycles. The van der Waals surface area contributed by atoms with Crippen LogP contribution in [0.15, 0.2) is 42.5 Å². The molecule has 0 saturated carbocycles. The predicted molar refractivity (Wildman–Crippen MR) is 107 cm³/mol. The molecule has 9 heteroatoms. The average molecular weight is 412 g/mol. The second-order valence-electron chi connectivity index (χ2n) is 6.89. The van der Waals surface area contributed by atoms with E-state index in [0.29, 0.717) is 22.6 Å². The molecule has 0 unspecified atom stereocenters. The average Bonchev–Trinajstić information content (AvgIpc) is 3.13. The third-order valence-corrected chi connectivity index (χ3v) is 4.92. The molecule has 0 aliphatic carbocycles. The molecule has 2 aromatic carbocycles. The van der Waals surface area contributed by atoms with E-state index in [1.807, 2.05) is 0 Å². The summed E-state index contributed by atoms with van der Waals surface area (Å²) in [6, 6.07) is 10.9. The number of rotatable bonds is 7. The van der Waals surface area contributed by atoms with Crippen molar-refractivity contribution >= 4 is 29.0 Å². The number of nitro groups is 1. The summed E-state index contributed by atoms with van der Waals surface area (Å²) >= 11 is 0. The summed E-state index contributed by atoms with van der Waals surface area (Å²) in [6.45, 7) is 1.20. The molecule has 1 aliphatic rings.